The number of rotatable bonds is 5. The highest BCUT2D eigenvalue weighted by atomic mass is 32.1. The minimum absolute atomic E-state index is 0.0450. The van der Waals surface area contributed by atoms with Crippen LogP contribution < -0.4 is 10.2 Å². The number of anilines is 1. The van der Waals surface area contributed by atoms with Crippen molar-refractivity contribution in [2.24, 2.45) is 0 Å². The summed E-state index contributed by atoms with van der Waals surface area (Å²) in [4.78, 5) is 37.1. The van der Waals surface area contributed by atoms with E-state index >= 15 is 0 Å². The summed E-state index contributed by atoms with van der Waals surface area (Å²) in [6.45, 7) is 0.507. The fraction of sp³-hybridized carbons (Fsp3) is 0.250. The van der Waals surface area contributed by atoms with Crippen LogP contribution in [0.1, 0.15) is 46.6 Å². The summed E-state index contributed by atoms with van der Waals surface area (Å²) >= 11 is 1.25. The molecule has 2 amide bonds. The van der Waals surface area contributed by atoms with Crippen molar-refractivity contribution < 1.29 is 27.2 Å². The van der Waals surface area contributed by atoms with Crippen LogP contribution in [0.4, 0.5) is 18.9 Å². The number of nitrogens with one attached hydrogen (secondary N) is 1. The molecule has 218 valence electrons. The van der Waals surface area contributed by atoms with E-state index in [1.165, 1.54) is 42.6 Å². The number of hydrogen-bond donors (Lipinski definition) is 1. The zero-order chi connectivity index (χ0) is 29.9. The maximum absolute atomic E-state index is 14.6. The van der Waals surface area contributed by atoms with E-state index in [4.69, 9.17) is 4.42 Å². The Kier molecular flexibility index (Phi) is 6.57. The standard InChI is InChI=1S/C32H25F3N4O3S/c1-36-30(41)27-22-13-21(18-12-19(16-37-15-18)31-38-29-25(43-31)4-2-10-32(29,34)35)23(39-11-3-5-26(39)40)14-24(22)42-28(27)17-6-8-20(33)9-7-17/h6-9,12-16H,2-5,10-11H2,1H3,(H,36,41). The summed E-state index contributed by atoms with van der Waals surface area (Å²) in [5.74, 6) is -3.55. The highest BCUT2D eigenvalue weighted by Crippen LogP contribution is 2.45. The third kappa shape index (κ3) is 4.68. The van der Waals surface area contributed by atoms with Crippen molar-refractivity contribution in [1.82, 2.24) is 15.3 Å². The topological polar surface area (TPSA) is 88.3 Å². The van der Waals surface area contributed by atoms with Gasteiger partial charge in [0.05, 0.1) is 11.3 Å². The monoisotopic (exact) mass is 602 g/mol. The summed E-state index contributed by atoms with van der Waals surface area (Å²) in [6, 6.07) is 11.0. The molecule has 3 aromatic heterocycles. The molecule has 5 aromatic rings. The van der Waals surface area contributed by atoms with Crippen LogP contribution in [0.25, 0.3) is 44.0 Å². The zero-order valence-corrected chi connectivity index (χ0v) is 23.9. The Morgan fingerprint density at radius 1 is 1.05 bits per heavy atom. The number of nitrogens with zero attached hydrogens (tertiary/aromatic N) is 3. The van der Waals surface area contributed by atoms with Crippen molar-refractivity contribution in [1.29, 1.82) is 0 Å². The molecule has 7 nitrogen and oxygen atoms in total. The van der Waals surface area contributed by atoms with Gasteiger partial charge in [-0.15, -0.1) is 11.3 Å². The number of amides is 2. The fourth-order valence-electron chi connectivity index (χ4n) is 5.87. The van der Waals surface area contributed by atoms with Gasteiger partial charge in [0, 0.05) is 77.4 Å². The number of benzene rings is 2. The molecule has 1 fully saturated rings. The Morgan fingerprint density at radius 2 is 1.84 bits per heavy atom. The van der Waals surface area contributed by atoms with Crippen molar-refractivity contribution in [3.05, 3.63) is 76.8 Å². The van der Waals surface area contributed by atoms with Gasteiger partial charge in [-0.1, -0.05) is 0 Å². The highest BCUT2D eigenvalue weighted by Gasteiger charge is 2.40. The SMILES string of the molecule is CNC(=O)c1c(-c2ccc(F)cc2)oc2cc(N3CCCC3=O)c(-c3cncc(-c4nc5c(s4)CCCC5(F)F)c3)cc12. The lowest BCUT2D eigenvalue weighted by Gasteiger charge is -2.20. The minimum Gasteiger partial charge on any atom is -0.455 e. The van der Waals surface area contributed by atoms with Crippen LogP contribution in [0.5, 0.6) is 0 Å². The number of aryl methyl sites for hydroxylation is 1. The third-order valence-electron chi connectivity index (χ3n) is 7.97. The summed E-state index contributed by atoms with van der Waals surface area (Å²) in [7, 11) is 1.51. The number of pyridine rings is 1. The van der Waals surface area contributed by atoms with Crippen molar-refractivity contribution >= 4 is 39.8 Å². The minimum atomic E-state index is -2.96. The number of halogens is 3. The van der Waals surface area contributed by atoms with Gasteiger partial charge in [0.15, 0.2) is 0 Å². The number of thiazole rings is 1. The Bertz CT molecular complexity index is 1920. The molecule has 0 unspecified atom stereocenters. The van der Waals surface area contributed by atoms with Crippen LogP contribution in [0.2, 0.25) is 0 Å². The molecule has 43 heavy (non-hydrogen) atoms. The van der Waals surface area contributed by atoms with Crippen LogP contribution in [0.3, 0.4) is 0 Å². The van der Waals surface area contributed by atoms with Gasteiger partial charge in [0.25, 0.3) is 11.8 Å². The van der Waals surface area contributed by atoms with Crippen molar-refractivity contribution in [2.45, 2.75) is 38.0 Å². The number of carbonyl (C=O) groups excluding carboxylic acids is 2. The third-order valence-corrected chi connectivity index (χ3v) is 9.13. The lowest BCUT2D eigenvalue weighted by molar-refractivity contribution is -0.117. The van der Waals surface area contributed by atoms with Crippen LogP contribution in [0.15, 0.2) is 59.3 Å². The molecule has 11 heteroatoms. The number of fused-ring (bicyclic) bond motifs is 2. The smallest absolute Gasteiger partial charge is 0.290 e. The molecular formula is C32H25F3N4O3S. The second kappa shape index (κ2) is 10.3. The number of alkyl halides is 2. The van der Waals surface area contributed by atoms with E-state index in [9.17, 15) is 22.8 Å². The molecule has 7 rings (SSSR count). The number of aromatic nitrogens is 2. The second-order valence-corrected chi connectivity index (χ2v) is 11.8. The normalized spacial score (nSPS) is 16.1. The largest absolute Gasteiger partial charge is 0.455 e. The number of hydrogen-bond acceptors (Lipinski definition) is 6. The van der Waals surface area contributed by atoms with Crippen molar-refractivity contribution in [3.8, 4) is 33.0 Å². The lowest BCUT2D eigenvalue weighted by atomic mass is 9.98. The van der Waals surface area contributed by atoms with Gasteiger partial charge in [-0.2, -0.15) is 8.78 Å². The molecule has 0 spiro atoms. The van der Waals surface area contributed by atoms with E-state index in [0.717, 1.165) is 0 Å². The van der Waals surface area contributed by atoms with E-state index in [1.807, 2.05) is 6.07 Å². The quantitative estimate of drug-likeness (QED) is 0.228. The van der Waals surface area contributed by atoms with Crippen LogP contribution in [-0.2, 0) is 17.1 Å². The van der Waals surface area contributed by atoms with Gasteiger partial charge < -0.3 is 14.6 Å². The van der Waals surface area contributed by atoms with Crippen molar-refractivity contribution in [3.63, 3.8) is 0 Å². The molecule has 2 aliphatic rings. The average molecular weight is 603 g/mol. The van der Waals surface area contributed by atoms with Gasteiger partial charge in [-0.25, -0.2) is 9.37 Å². The Labute approximate surface area is 248 Å². The summed E-state index contributed by atoms with van der Waals surface area (Å²) < 4.78 is 49.1. The van der Waals surface area contributed by atoms with E-state index in [2.05, 4.69) is 15.3 Å². The molecule has 1 aliphatic carbocycles. The predicted molar refractivity (Wildman–Crippen MR) is 158 cm³/mol. The van der Waals surface area contributed by atoms with Crippen LogP contribution in [0, 0.1) is 5.82 Å². The van der Waals surface area contributed by atoms with Gasteiger partial charge in [-0.3, -0.25) is 14.6 Å². The molecule has 2 aromatic carbocycles. The number of carbonyl (C=O) groups is 2. The average Bonchev–Trinajstić information content (AvgIpc) is 3.73. The van der Waals surface area contributed by atoms with Gasteiger partial charge in [-0.05, 0) is 55.7 Å². The zero-order valence-electron chi connectivity index (χ0n) is 23.0. The number of furan rings is 1. The second-order valence-electron chi connectivity index (χ2n) is 10.7. The highest BCUT2D eigenvalue weighted by molar-refractivity contribution is 7.15. The lowest BCUT2D eigenvalue weighted by Crippen LogP contribution is -2.24. The molecule has 0 radical (unpaired) electrons. The maximum Gasteiger partial charge on any atom is 0.290 e. The maximum atomic E-state index is 14.6. The van der Waals surface area contributed by atoms with Gasteiger partial charge in [0.1, 0.15) is 27.9 Å². The van der Waals surface area contributed by atoms with Gasteiger partial charge >= 0.3 is 0 Å². The summed E-state index contributed by atoms with van der Waals surface area (Å²) in [5, 5.41) is 3.61. The Morgan fingerprint density at radius 3 is 2.56 bits per heavy atom. The summed E-state index contributed by atoms with van der Waals surface area (Å²) in [5.41, 5.74) is 3.43. The first-order valence-electron chi connectivity index (χ1n) is 14.0. The van der Waals surface area contributed by atoms with E-state index < -0.39 is 17.6 Å². The first-order valence-corrected chi connectivity index (χ1v) is 14.8. The molecule has 1 aliphatic heterocycles. The Balaban J connectivity index is 1.43. The van der Waals surface area contributed by atoms with Crippen LogP contribution >= 0.6 is 11.3 Å². The van der Waals surface area contributed by atoms with Gasteiger partial charge in [0.2, 0.25) is 5.91 Å². The molecule has 1 N–H and O–H groups in total. The Hall–Kier alpha value is -4.51. The summed E-state index contributed by atoms with van der Waals surface area (Å²) in [6.07, 6.45) is 5.07. The molecular weight excluding hydrogens is 577 g/mol. The predicted octanol–water partition coefficient (Wildman–Crippen LogP) is 7.34. The molecule has 0 atom stereocenters. The van der Waals surface area contributed by atoms with Crippen LogP contribution in [-0.4, -0.2) is 35.4 Å². The van der Waals surface area contributed by atoms with Crippen molar-refractivity contribution in [2.75, 3.05) is 18.5 Å². The molecule has 1 saturated heterocycles. The molecule has 0 saturated carbocycles. The fourth-order valence-corrected chi connectivity index (χ4v) is 7.01. The van der Waals surface area contributed by atoms with E-state index in [0.29, 0.717) is 81.0 Å². The van der Waals surface area contributed by atoms with E-state index in [1.54, 1.807) is 29.4 Å². The van der Waals surface area contributed by atoms with E-state index in [-0.39, 0.29) is 29.3 Å². The molecule has 0 bridgehead atoms. The first-order chi connectivity index (χ1) is 20.7. The first kappa shape index (κ1) is 27.3. The molecule has 4 heterocycles.